The lowest BCUT2D eigenvalue weighted by Gasteiger charge is -2.14. The highest BCUT2D eigenvalue weighted by Crippen LogP contribution is 2.36. The van der Waals surface area contributed by atoms with E-state index in [0.29, 0.717) is 10.6 Å². The molecule has 1 fully saturated rings. The molecule has 0 spiro atoms. The topological polar surface area (TPSA) is 90.0 Å². The summed E-state index contributed by atoms with van der Waals surface area (Å²) >= 11 is 6.69. The van der Waals surface area contributed by atoms with Gasteiger partial charge in [0.15, 0.2) is 11.5 Å². The Bertz CT molecular complexity index is 1450. The number of nitrogens with zero attached hydrogens (tertiary/aromatic N) is 1. The number of imide groups is 1. The molecule has 0 atom stereocenters. The Balaban J connectivity index is 1.58. The molecule has 7 nitrogen and oxygen atoms in total. The fourth-order valence-corrected chi connectivity index (χ4v) is 5.37. The van der Waals surface area contributed by atoms with E-state index in [1.165, 1.54) is 35.2 Å². The normalized spacial score (nSPS) is 15.0. The zero-order valence-corrected chi connectivity index (χ0v) is 21.8. The summed E-state index contributed by atoms with van der Waals surface area (Å²) in [5.41, 5.74) is 2.44. The fraction of sp³-hybridized carbons (Fsp3) is 0.154. The SMILES string of the molecule is CCOc1cc(/C=C2\SC(=O)N(Cc3ccccc3C)C2=O)ccc1OS(=O)(=O)c1ccc(Cl)cc1. The van der Waals surface area contributed by atoms with Gasteiger partial charge in [0.05, 0.1) is 18.1 Å². The number of thioether (sulfide) groups is 1. The quantitative estimate of drug-likeness (QED) is 0.252. The van der Waals surface area contributed by atoms with Crippen molar-refractivity contribution in [2.75, 3.05) is 6.61 Å². The van der Waals surface area contributed by atoms with Crippen molar-refractivity contribution in [3.63, 3.8) is 0 Å². The lowest BCUT2D eigenvalue weighted by molar-refractivity contribution is -0.123. The molecule has 2 amide bonds. The number of carbonyl (C=O) groups is 2. The van der Waals surface area contributed by atoms with Crippen molar-refractivity contribution < 1.29 is 26.9 Å². The third-order valence-corrected chi connectivity index (χ3v) is 7.74. The van der Waals surface area contributed by atoms with Gasteiger partial charge in [-0.3, -0.25) is 14.5 Å². The largest absolute Gasteiger partial charge is 0.490 e. The van der Waals surface area contributed by atoms with E-state index in [9.17, 15) is 18.0 Å². The van der Waals surface area contributed by atoms with Crippen molar-refractivity contribution in [2.45, 2.75) is 25.3 Å². The molecule has 186 valence electrons. The average molecular weight is 544 g/mol. The minimum absolute atomic E-state index is 0.00314. The molecular formula is C26H22ClNO6S2. The first-order valence-electron chi connectivity index (χ1n) is 10.9. The van der Waals surface area contributed by atoms with Crippen LogP contribution in [0.25, 0.3) is 6.08 Å². The van der Waals surface area contributed by atoms with Crippen LogP contribution in [-0.4, -0.2) is 31.1 Å². The van der Waals surface area contributed by atoms with Crippen molar-refractivity contribution >= 4 is 50.7 Å². The van der Waals surface area contributed by atoms with Gasteiger partial charge < -0.3 is 8.92 Å². The Morgan fingerprint density at radius 2 is 1.72 bits per heavy atom. The first-order chi connectivity index (χ1) is 17.2. The minimum atomic E-state index is -4.13. The van der Waals surface area contributed by atoms with Gasteiger partial charge in [0.2, 0.25) is 0 Å². The fourth-order valence-electron chi connectivity index (χ4n) is 3.46. The first-order valence-corrected chi connectivity index (χ1v) is 13.5. The Hall–Kier alpha value is -3.27. The molecule has 0 N–H and O–H groups in total. The molecule has 1 aliphatic heterocycles. The lowest BCUT2D eigenvalue weighted by atomic mass is 10.1. The summed E-state index contributed by atoms with van der Waals surface area (Å²) in [5.74, 6) is -0.212. The highest BCUT2D eigenvalue weighted by molar-refractivity contribution is 8.18. The van der Waals surface area contributed by atoms with E-state index in [-0.39, 0.29) is 39.7 Å². The summed E-state index contributed by atoms with van der Waals surface area (Å²) in [6, 6.07) is 17.8. The number of hydrogen-bond donors (Lipinski definition) is 0. The molecule has 4 rings (SSSR count). The maximum absolute atomic E-state index is 13.0. The summed E-state index contributed by atoms with van der Waals surface area (Å²) in [4.78, 5) is 26.9. The molecule has 1 heterocycles. The number of halogens is 1. The van der Waals surface area contributed by atoms with Gasteiger partial charge in [0, 0.05) is 5.02 Å². The summed E-state index contributed by atoms with van der Waals surface area (Å²) in [7, 11) is -4.13. The van der Waals surface area contributed by atoms with E-state index < -0.39 is 16.0 Å². The second kappa shape index (κ2) is 10.8. The van der Waals surface area contributed by atoms with Crippen LogP contribution in [0.3, 0.4) is 0 Å². The Labute approximate surface area is 218 Å². The van der Waals surface area contributed by atoms with Gasteiger partial charge in [-0.05, 0) is 84.8 Å². The number of benzene rings is 3. The Morgan fingerprint density at radius 1 is 1.00 bits per heavy atom. The molecule has 0 radical (unpaired) electrons. The van der Waals surface area contributed by atoms with E-state index >= 15 is 0 Å². The second-order valence-corrected chi connectivity index (χ2v) is 10.8. The van der Waals surface area contributed by atoms with Crippen molar-refractivity contribution in [2.24, 2.45) is 0 Å². The summed E-state index contributed by atoms with van der Waals surface area (Å²) in [6.45, 7) is 4.12. The lowest BCUT2D eigenvalue weighted by Crippen LogP contribution is -2.27. The van der Waals surface area contributed by atoms with Crippen LogP contribution in [0, 0.1) is 6.92 Å². The highest BCUT2D eigenvalue weighted by Gasteiger charge is 2.35. The van der Waals surface area contributed by atoms with Crippen molar-refractivity contribution in [1.82, 2.24) is 4.90 Å². The van der Waals surface area contributed by atoms with Crippen LogP contribution in [0.4, 0.5) is 4.79 Å². The number of amides is 2. The number of hydrogen-bond acceptors (Lipinski definition) is 7. The molecule has 0 saturated carbocycles. The average Bonchev–Trinajstić information content (AvgIpc) is 3.09. The molecule has 0 aliphatic carbocycles. The molecule has 0 bridgehead atoms. The summed E-state index contributed by atoms with van der Waals surface area (Å²) in [6.07, 6.45) is 1.57. The van der Waals surface area contributed by atoms with E-state index in [1.54, 1.807) is 25.1 Å². The maximum Gasteiger partial charge on any atom is 0.339 e. The van der Waals surface area contributed by atoms with E-state index in [4.69, 9.17) is 20.5 Å². The molecule has 0 aromatic heterocycles. The van der Waals surface area contributed by atoms with Crippen molar-refractivity contribution in [3.05, 3.63) is 93.3 Å². The van der Waals surface area contributed by atoms with Gasteiger partial charge in [0.1, 0.15) is 4.90 Å². The molecule has 1 saturated heterocycles. The zero-order chi connectivity index (χ0) is 25.9. The molecule has 1 aliphatic rings. The van der Waals surface area contributed by atoms with Crippen LogP contribution in [0.15, 0.2) is 76.5 Å². The zero-order valence-electron chi connectivity index (χ0n) is 19.4. The van der Waals surface area contributed by atoms with Crippen molar-refractivity contribution in [3.8, 4) is 11.5 Å². The smallest absolute Gasteiger partial charge is 0.339 e. The van der Waals surface area contributed by atoms with Crippen LogP contribution in [0.2, 0.25) is 5.02 Å². The van der Waals surface area contributed by atoms with Crippen LogP contribution >= 0.6 is 23.4 Å². The molecule has 10 heteroatoms. The highest BCUT2D eigenvalue weighted by atomic mass is 35.5. The second-order valence-electron chi connectivity index (χ2n) is 7.82. The number of rotatable bonds is 8. The van der Waals surface area contributed by atoms with Gasteiger partial charge in [-0.15, -0.1) is 0 Å². The maximum atomic E-state index is 13.0. The predicted molar refractivity (Wildman–Crippen MR) is 140 cm³/mol. The van der Waals surface area contributed by atoms with Gasteiger partial charge in [-0.25, -0.2) is 0 Å². The van der Waals surface area contributed by atoms with E-state index in [2.05, 4.69) is 0 Å². The Kier molecular flexibility index (Phi) is 7.73. The van der Waals surface area contributed by atoms with E-state index in [0.717, 1.165) is 22.9 Å². The molecule has 0 unspecified atom stereocenters. The van der Waals surface area contributed by atoms with Crippen molar-refractivity contribution in [1.29, 1.82) is 0 Å². The molecule has 3 aromatic carbocycles. The third kappa shape index (κ3) is 5.75. The Morgan fingerprint density at radius 3 is 2.42 bits per heavy atom. The first kappa shape index (κ1) is 25.8. The minimum Gasteiger partial charge on any atom is -0.490 e. The standard InChI is InChI=1S/C26H22ClNO6S2/c1-3-33-23-14-18(8-13-22(23)34-36(31,32)21-11-9-20(27)10-12-21)15-24-25(29)28(26(30)35-24)16-19-7-5-4-6-17(19)2/h4-15H,3,16H2,1-2H3/b24-15-. The van der Waals surface area contributed by atoms with Crippen LogP contribution in [0.5, 0.6) is 11.5 Å². The summed E-state index contributed by atoms with van der Waals surface area (Å²) in [5, 5.41) is 0.0465. The molecule has 36 heavy (non-hydrogen) atoms. The number of carbonyl (C=O) groups excluding carboxylic acids is 2. The van der Waals surface area contributed by atoms with E-state index in [1.807, 2.05) is 31.2 Å². The monoisotopic (exact) mass is 543 g/mol. The molecule has 3 aromatic rings. The molecular weight excluding hydrogens is 522 g/mol. The van der Waals surface area contributed by atoms with Crippen LogP contribution in [0.1, 0.15) is 23.6 Å². The van der Waals surface area contributed by atoms with Gasteiger partial charge in [-0.1, -0.05) is 41.9 Å². The van der Waals surface area contributed by atoms with Gasteiger partial charge >= 0.3 is 10.1 Å². The third-order valence-electron chi connectivity index (χ3n) is 5.33. The summed E-state index contributed by atoms with van der Waals surface area (Å²) < 4.78 is 36.3. The van der Waals surface area contributed by atoms with Gasteiger partial charge in [0.25, 0.3) is 11.1 Å². The van der Waals surface area contributed by atoms with Crippen LogP contribution in [-0.2, 0) is 21.5 Å². The predicted octanol–water partition coefficient (Wildman–Crippen LogP) is 6.05. The van der Waals surface area contributed by atoms with Crippen LogP contribution < -0.4 is 8.92 Å². The number of aryl methyl sites for hydroxylation is 1. The van der Waals surface area contributed by atoms with Gasteiger partial charge in [-0.2, -0.15) is 8.42 Å². The number of ether oxygens (including phenoxy) is 1.